The van der Waals surface area contributed by atoms with Crippen LogP contribution in [-0.4, -0.2) is 204 Å². The summed E-state index contributed by atoms with van der Waals surface area (Å²) in [5, 5.41) is 110. The molecule has 590 valence electrons. The third kappa shape index (κ3) is 40.1. The van der Waals surface area contributed by atoms with Crippen molar-refractivity contribution in [2.24, 2.45) is 0 Å². The Labute approximate surface area is 604 Å². The van der Waals surface area contributed by atoms with Crippen LogP contribution in [0, 0.1) is 0 Å². The van der Waals surface area contributed by atoms with Crippen LogP contribution in [0.4, 0.5) is 0 Å². The third-order valence-electron chi connectivity index (χ3n) is 19.3. The van der Waals surface area contributed by atoms with E-state index in [1.54, 1.807) is 6.08 Å². The number of carbonyl (C=O) groups is 3. The summed E-state index contributed by atoms with van der Waals surface area (Å²) in [4.78, 5) is 51.0. The van der Waals surface area contributed by atoms with Gasteiger partial charge < -0.3 is 89.1 Å². The molecule has 2 saturated heterocycles. The molecule has 0 radical (unpaired) electrons. The van der Waals surface area contributed by atoms with Crippen molar-refractivity contribution in [3.05, 3.63) is 36.5 Å². The van der Waals surface area contributed by atoms with Crippen LogP contribution in [0.2, 0.25) is 0 Å². The van der Waals surface area contributed by atoms with E-state index >= 15 is 0 Å². The van der Waals surface area contributed by atoms with Gasteiger partial charge in [-0.2, -0.15) is 0 Å². The molecular weight excluding hydrogens is 1330 g/mol. The van der Waals surface area contributed by atoms with Crippen molar-refractivity contribution in [1.82, 2.24) is 0 Å². The molecular formula is C76H137O24P. The fourth-order valence-corrected chi connectivity index (χ4v) is 13.8. The van der Waals surface area contributed by atoms with Crippen LogP contribution in [0.1, 0.15) is 297 Å². The second kappa shape index (κ2) is 57.4. The number of aliphatic hydroxyl groups is 10. The quantitative estimate of drug-likeness (QED) is 0.00512. The minimum Gasteiger partial charge on any atom is -0.463 e. The van der Waals surface area contributed by atoms with Crippen molar-refractivity contribution < 1.29 is 117 Å². The van der Waals surface area contributed by atoms with Crippen molar-refractivity contribution in [1.29, 1.82) is 0 Å². The lowest BCUT2D eigenvalue weighted by molar-refractivity contribution is -0.360. The van der Waals surface area contributed by atoms with Gasteiger partial charge in [0.25, 0.3) is 0 Å². The van der Waals surface area contributed by atoms with Gasteiger partial charge in [-0.05, 0) is 51.4 Å². The highest BCUT2D eigenvalue weighted by Gasteiger charge is 2.58. The van der Waals surface area contributed by atoms with E-state index in [0.717, 1.165) is 115 Å². The van der Waals surface area contributed by atoms with Crippen LogP contribution in [-0.2, 0) is 61.2 Å². The van der Waals surface area contributed by atoms with E-state index in [2.05, 4.69) is 32.9 Å². The minimum absolute atomic E-state index is 0.0196. The highest BCUT2D eigenvalue weighted by Crippen LogP contribution is 2.49. The maximum Gasteiger partial charge on any atom is 0.472 e. The summed E-state index contributed by atoms with van der Waals surface area (Å²) in [5.74, 6) is -2.24. The number of carbonyl (C=O) groups excluding carboxylic acids is 3. The molecule has 3 rings (SSSR count). The maximum absolute atomic E-state index is 14.3. The molecule has 18 atom stereocenters. The second-order valence-electron chi connectivity index (χ2n) is 28.1. The summed E-state index contributed by atoms with van der Waals surface area (Å²) < 4.78 is 64.9. The highest BCUT2D eigenvalue weighted by molar-refractivity contribution is 7.47. The maximum atomic E-state index is 14.3. The number of unbranched alkanes of at least 4 members (excludes halogenated alkanes) is 37. The Balaban J connectivity index is 1.73. The average Bonchev–Trinajstić information content (AvgIpc) is 0.762. The lowest BCUT2D eigenvalue weighted by Crippen LogP contribution is -2.69. The first-order valence-electron chi connectivity index (χ1n) is 39.3. The van der Waals surface area contributed by atoms with Crippen LogP contribution >= 0.6 is 7.82 Å². The molecule has 18 unspecified atom stereocenters. The average molecular weight is 1470 g/mol. The zero-order valence-corrected chi connectivity index (χ0v) is 62.6. The van der Waals surface area contributed by atoms with Crippen molar-refractivity contribution in [3.8, 4) is 0 Å². The number of hydrogen-bond donors (Lipinski definition) is 11. The smallest absolute Gasteiger partial charge is 0.463 e. The van der Waals surface area contributed by atoms with Crippen molar-refractivity contribution in [2.75, 3.05) is 26.4 Å². The fraction of sp³-hybridized carbons (Fsp3) is 0.882. The molecule has 1 aliphatic carbocycles. The Morgan fingerprint density at radius 2 is 0.762 bits per heavy atom. The molecule has 0 aromatic rings. The molecule has 11 N–H and O–H groups in total. The van der Waals surface area contributed by atoms with Gasteiger partial charge in [-0.3, -0.25) is 18.6 Å². The van der Waals surface area contributed by atoms with E-state index in [4.69, 9.17) is 42.2 Å². The predicted molar refractivity (Wildman–Crippen MR) is 384 cm³/mol. The van der Waals surface area contributed by atoms with Gasteiger partial charge in [-0.1, -0.05) is 263 Å². The molecule has 2 heterocycles. The normalized spacial score (nSPS) is 27.3. The first-order chi connectivity index (χ1) is 48.8. The molecule has 25 heteroatoms. The molecule has 0 bridgehead atoms. The van der Waals surface area contributed by atoms with Crippen molar-refractivity contribution in [3.63, 3.8) is 0 Å². The third-order valence-corrected chi connectivity index (χ3v) is 20.2. The first-order valence-corrected chi connectivity index (χ1v) is 40.8. The number of ether oxygens (including phenoxy) is 7. The predicted octanol–water partition coefficient (Wildman–Crippen LogP) is 11.5. The highest BCUT2D eigenvalue weighted by atomic mass is 31.2. The molecule has 24 nitrogen and oxygen atoms in total. The number of phosphoric ester groups is 1. The van der Waals surface area contributed by atoms with Gasteiger partial charge in [0.15, 0.2) is 18.7 Å². The molecule has 3 aliphatic rings. The summed E-state index contributed by atoms with van der Waals surface area (Å²) >= 11 is 0. The Bertz CT molecular complexity index is 2220. The molecule has 101 heavy (non-hydrogen) atoms. The number of hydrogen-bond acceptors (Lipinski definition) is 23. The monoisotopic (exact) mass is 1460 g/mol. The Morgan fingerprint density at radius 1 is 0.406 bits per heavy atom. The zero-order valence-electron chi connectivity index (χ0n) is 61.7. The van der Waals surface area contributed by atoms with Gasteiger partial charge in [-0.15, -0.1) is 0 Å². The van der Waals surface area contributed by atoms with Crippen LogP contribution in [0.15, 0.2) is 36.5 Å². The van der Waals surface area contributed by atoms with Gasteiger partial charge in [0.2, 0.25) is 0 Å². The Kier molecular flexibility index (Phi) is 52.5. The summed E-state index contributed by atoms with van der Waals surface area (Å²) in [5.41, 5.74) is 0. The van der Waals surface area contributed by atoms with Gasteiger partial charge >= 0.3 is 25.7 Å². The largest absolute Gasteiger partial charge is 0.472 e. The van der Waals surface area contributed by atoms with E-state index in [9.17, 15) is 74.9 Å². The molecule has 0 spiro atoms. The van der Waals surface area contributed by atoms with E-state index < -0.39 is 156 Å². The minimum atomic E-state index is -5.73. The summed E-state index contributed by atoms with van der Waals surface area (Å²) in [6.45, 7) is 3.35. The van der Waals surface area contributed by atoms with E-state index in [0.29, 0.717) is 12.8 Å². The van der Waals surface area contributed by atoms with Gasteiger partial charge in [0, 0.05) is 18.9 Å². The second-order valence-corrected chi connectivity index (χ2v) is 29.5. The first kappa shape index (κ1) is 92.4. The molecule has 0 aromatic carbocycles. The number of allylic oxidation sites excluding steroid dienone is 5. The topological polar surface area (TPSA) is 374 Å². The number of esters is 3. The molecule has 2 aliphatic heterocycles. The molecule has 0 amide bonds. The van der Waals surface area contributed by atoms with Gasteiger partial charge in [0.1, 0.15) is 98.7 Å². The number of aliphatic hydroxyl groups excluding tert-OH is 10. The van der Waals surface area contributed by atoms with Crippen LogP contribution in [0.25, 0.3) is 0 Å². The van der Waals surface area contributed by atoms with Gasteiger partial charge in [-0.25, -0.2) is 9.36 Å². The summed E-state index contributed by atoms with van der Waals surface area (Å²) in [7, 11) is -5.73. The Hall–Kier alpha value is -2.82. The molecule has 1 saturated carbocycles. The summed E-state index contributed by atoms with van der Waals surface area (Å²) in [6.07, 6.45) is 21.2. The lowest BCUT2D eigenvalue weighted by Gasteiger charge is -2.49. The van der Waals surface area contributed by atoms with Crippen LogP contribution in [0.5, 0.6) is 0 Å². The molecule has 0 aromatic heterocycles. The van der Waals surface area contributed by atoms with Crippen molar-refractivity contribution >= 4 is 25.7 Å². The van der Waals surface area contributed by atoms with E-state index in [-0.39, 0.29) is 12.8 Å². The van der Waals surface area contributed by atoms with Crippen molar-refractivity contribution in [2.45, 2.75) is 401 Å². The zero-order chi connectivity index (χ0) is 73.9. The van der Waals surface area contributed by atoms with E-state index in [1.165, 1.54) is 147 Å². The van der Waals surface area contributed by atoms with Crippen LogP contribution < -0.4 is 0 Å². The van der Waals surface area contributed by atoms with Gasteiger partial charge in [0.05, 0.1) is 13.2 Å². The number of phosphoric acid groups is 1. The standard InChI is InChI=1S/C76H137O24P/c1-4-7-10-13-16-19-22-25-28-31-33-35-38-41-44-47-50-60(78)92-54-57(95-62(80)52-49-46-43-40-37-34-30-27-24-21-18-15-12-9-6-3)55-94-101(90,91)100-74-72(98-75-70(88)65(83)63(81)58(53-77)96-75)68(86)67(85)69(87)73(74)99-76-71(89)66(84)64(82)59(97-76)56-93-61(79)51-48-45-42-39-36-32-29-26-23-20-17-14-11-8-5-2/h20,23,43,46,49,52,57-59,63-77,81-89H,4-19,21-22,24-42,44-45,47-48,50-51,53-56H2,1-3H3,(H,90,91)/b23-20-,46-43+,52-49+. The molecule has 3 fully saturated rings. The van der Waals surface area contributed by atoms with E-state index in [1.807, 2.05) is 6.08 Å². The SMILES string of the molecule is CCCCCC/C=C\CCCCCCCCCC(=O)OCC1OC(OC2C(O)C(O)C(O)C(OC3OC(CO)C(O)C(O)C3O)C2OP(=O)(O)OCC(COC(=O)CCCCCCCCCCCCCCCCCC)OC(=O)/C=C/C=C/CCCCCCCCCCCCC)C(O)C(O)C1O. The fourth-order valence-electron chi connectivity index (χ4n) is 12.8. The lowest BCUT2D eigenvalue weighted by atomic mass is 9.84. The number of rotatable bonds is 61. The van der Waals surface area contributed by atoms with Crippen LogP contribution in [0.3, 0.4) is 0 Å². The summed E-state index contributed by atoms with van der Waals surface area (Å²) in [6, 6.07) is 0. The Morgan fingerprint density at radius 3 is 1.19 bits per heavy atom.